The van der Waals surface area contributed by atoms with Crippen LogP contribution in [0.25, 0.3) is 0 Å². The Hall–Kier alpha value is -1.59. The van der Waals surface area contributed by atoms with Gasteiger partial charge in [-0.25, -0.2) is 0 Å². The third kappa shape index (κ3) is 3.42. The van der Waals surface area contributed by atoms with Crippen LogP contribution in [0, 0.1) is 0 Å². The number of halogens is 1. The van der Waals surface area contributed by atoms with E-state index < -0.39 is 0 Å². The summed E-state index contributed by atoms with van der Waals surface area (Å²) in [6.07, 6.45) is 1.54. The highest BCUT2D eigenvalue weighted by molar-refractivity contribution is 5.97. The number of rotatable bonds is 2. The Morgan fingerprint density at radius 2 is 1.95 bits per heavy atom. The average molecular weight is 324 g/mol. The lowest BCUT2D eigenvalue weighted by Crippen LogP contribution is -2.51. The number of amides is 2. The van der Waals surface area contributed by atoms with Crippen molar-refractivity contribution in [1.82, 2.24) is 10.2 Å². The highest BCUT2D eigenvalue weighted by atomic mass is 35.5. The number of carbonyl (C=O) groups is 2. The molecule has 0 aromatic heterocycles. The molecule has 5 nitrogen and oxygen atoms in total. The number of benzene rings is 1. The number of nitrogens with zero attached hydrogens (tertiary/aromatic N) is 2. The van der Waals surface area contributed by atoms with E-state index in [1.807, 2.05) is 29.2 Å². The Balaban J connectivity index is 0.00000176. The first kappa shape index (κ1) is 16.8. The second-order valence-electron chi connectivity index (χ2n) is 5.80. The number of carbonyl (C=O) groups excluding carboxylic acids is 2. The van der Waals surface area contributed by atoms with Crippen molar-refractivity contribution in [2.75, 3.05) is 31.1 Å². The Kier molecular flexibility index (Phi) is 5.42. The molecular weight excluding hydrogens is 302 g/mol. The number of hydrogen-bond donors (Lipinski definition) is 1. The summed E-state index contributed by atoms with van der Waals surface area (Å²) in [4.78, 5) is 27.9. The van der Waals surface area contributed by atoms with Crippen molar-refractivity contribution in [3.05, 3.63) is 29.8 Å². The molecule has 0 saturated carbocycles. The van der Waals surface area contributed by atoms with E-state index in [2.05, 4.69) is 12.2 Å². The molecular formula is C16H22ClN3O2. The Morgan fingerprint density at radius 3 is 2.55 bits per heavy atom. The van der Waals surface area contributed by atoms with Gasteiger partial charge in [-0.3, -0.25) is 9.59 Å². The van der Waals surface area contributed by atoms with Crippen LogP contribution in [0.3, 0.4) is 0 Å². The van der Waals surface area contributed by atoms with E-state index >= 15 is 0 Å². The predicted molar refractivity (Wildman–Crippen MR) is 88.6 cm³/mol. The van der Waals surface area contributed by atoms with Gasteiger partial charge < -0.3 is 15.1 Å². The predicted octanol–water partition coefficient (Wildman–Crippen LogP) is 1.67. The van der Waals surface area contributed by atoms with E-state index in [0.717, 1.165) is 38.3 Å². The van der Waals surface area contributed by atoms with Gasteiger partial charge in [0, 0.05) is 49.9 Å². The lowest BCUT2D eigenvalue weighted by atomic mass is 10.1. The summed E-state index contributed by atoms with van der Waals surface area (Å²) in [6, 6.07) is 7.75. The number of nitrogens with one attached hydrogen (secondary N) is 1. The maximum atomic E-state index is 12.5. The van der Waals surface area contributed by atoms with Gasteiger partial charge in [0.05, 0.1) is 0 Å². The molecule has 2 amide bonds. The second-order valence-corrected chi connectivity index (χ2v) is 5.80. The van der Waals surface area contributed by atoms with Crippen molar-refractivity contribution in [1.29, 1.82) is 0 Å². The van der Waals surface area contributed by atoms with Gasteiger partial charge in [0.1, 0.15) is 0 Å². The third-order valence-electron chi connectivity index (χ3n) is 4.16. The lowest BCUT2D eigenvalue weighted by molar-refractivity contribution is -0.117. The van der Waals surface area contributed by atoms with Crippen LogP contribution in [0.15, 0.2) is 24.3 Å². The van der Waals surface area contributed by atoms with Crippen LogP contribution in [0.2, 0.25) is 0 Å². The first-order chi connectivity index (χ1) is 10.1. The van der Waals surface area contributed by atoms with Gasteiger partial charge >= 0.3 is 0 Å². The zero-order valence-corrected chi connectivity index (χ0v) is 13.6. The lowest BCUT2D eigenvalue weighted by Gasteiger charge is -2.32. The van der Waals surface area contributed by atoms with Crippen LogP contribution in [-0.4, -0.2) is 48.9 Å². The third-order valence-corrected chi connectivity index (χ3v) is 4.16. The minimum Gasteiger partial charge on any atom is -0.336 e. The molecule has 1 unspecified atom stereocenters. The van der Waals surface area contributed by atoms with E-state index in [4.69, 9.17) is 0 Å². The smallest absolute Gasteiger partial charge is 0.253 e. The maximum absolute atomic E-state index is 12.5. The highest BCUT2D eigenvalue weighted by Crippen LogP contribution is 2.22. The van der Waals surface area contributed by atoms with Gasteiger partial charge in [0.2, 0.25) is 5.91 Å². The molecule has 1 N–H and O–H groups in total. The molecule has 22 heavy (non-hydrogen) atoms. The summed E-state index contributed by atoms with van der Waals surface area (Å²) in [6.45, 7) is 5.19. The van der Waals surface area contributed by atoms with Crippen LogP contribution >= 0.6 is 12.4 Å². The molecule has 0 radical (unpaired) electrons. The second kappa shape index (κ2) is 7.11. The SMILES string of the molecule is CC1CN(C(=O)c2ccc(N3CCCC3=O)cc2)CCN1.Cl. The van der Waals surface area contributed by atoms with Gasteiger partial charge in [-0.1, -0.05) is 0 Å². The van der Waals surface area contributed by atoms with E-state index in [1.165, 1.54) is 0 Å². The van der Waals surface area contributed by atoms with E-state index in [9.17, 15) is 9.59 Å². The fraction of sp³-hybridized carbons (Fsp3) is 0.500. The minimum absolute atomic E-state index is 0. The zero-order valence-electron chi connectivity index (χ0n) is 12.7. The molecule has 2 aliphatic rings. The largest absolute Gasteiger partial charge is 0.336 e. The molecule has 2 saturated heterocycles. The average Bonchev–Trinajstić information content (AvgIpc) is 2.93. The van der Waals surface area contributed by atoms with Crippen LogP contribution in [0.4, 0.5) is 5.69 Å². The van der Waals surface area contributed by atoms with Gasteiger partial charge in [-0.15, -0.1) is 12.4 Å². The zero-order chi connectivity index (χ0) is 14.8. The Morgan fingerprint density at radius 1 is 1.23 bits per heavy atom. The molecule has 6 heteroatoms. The van der Waals surface area contributed by atoms with Crippen LogP contribution in [0.5, 0.6) is 0 Å². The Bertz CT molecular complexity index is 547. The monoisotopic (exact) mass is 323 g/mol. The molecule has 2 aliphatic heterocycles. The van der Waals surface area contributed by atoms with Crippen LogP contribution in [-0.2, 0) is 4.79 Å². The number of piperazine rings is 1. The molecule has 0 aliphatic carbocycles. The Labute approximate surface area is 137 Å². The van der Waals surface area contributed by atoms with Crippen molar-refractivity contribution >= 4 is 29.9 Å². The molecule has 1 atom stereocenters. The topological polar surface area (TPSA) is 52.7 Å². The quantitative estimate of drug-likeness (QED) is 0.900. The summed E-state index contributed by atoms with van der Waals surface area (Å²) in [5, 5.41) is 3.33. The van der Waals surface area contributed by atoms with E-state index in [1.54, 1.807) is 4.90 Å². The first-order valence-electron chi connectivity index (χ1n) is 7.58. The van der Waals surface area contributed by atoms with Gasteiger partial charge in [0.25, 0.3) is 5.91 Å². The van der Waals surface area contributed by atoms with E-state index in [0.29, 0.717) is 18.0 Å². The van der Waals surface area contributed by atoms with Crippen molar-refractivity contribution in [2.24, 2.45) is 0 Å². The normalized spacial score (nSPS) is 21.7. The maximum Gasteiger partial charge on any atom is 0.253 e. The van der Waals surface area contributed by atoms with Crippen molar-refractivity contribution < 1.29 is 9.59 Å². The summed E-state index contributed by atoms with van der Waals surface area (Å²) < 4.78 is 0. The fourth-order valence-electron chi connectivity index (χ4n) is 3.00. The summed E-state index contributed by atoms with van der Waals surface area (Å²) in [5.74, 6) is 0.243. The minimum atomic E-state index is 0. The molecule has 1 aromatic carbocycles. The molecule has 0 spiro atoms. The molecule has 2 heterocycles. The summed E-state index contributed by atoms with van der Waals surface area (Å²) >= 11 is 0. The number of anilines is 1. The van der Waals surface area contributed by atoms with Gasteiger partial charge in [-0.2, -0.15) is 0 Å². The van der Waals surface area contributed by atoms with Gasteiger partial charge in [0.15, 0.2) is 0 Å². The molecule has 3 rings (SSSR count). The molecule has 0 bridgehead atoms. The van der Waals surface area contributed by atoms with Gasteiger partial charge in [-0.05, 0) is 37.6 Å². The highest BCUT2D eigenvalue weighted by Gasteiger charge is 2.23. The molecule has 120 valence electrons. The molecule has 2 fully saturated rings. The fourth-order valence-corrected chi connectivity index (χ4v) is 3.00. The van der Waals surface area contributed by atoms with Crippen molar-refractivity contribution in [2.45, 2.75) is 25.8 Å². The van der Waals surface area contributed by atoms with E-state index in [-0.39, 0.29) is 24.2 Å². The van der Waals surface area contributed by atoms with Crippen LogP contribution in [0.1, 0.15) is 30.1 Å². The van der Waals surface area contributed by atoms with Crippen LogP contribution < -0.4 is 10.2 Å². The molecule has 1 aromatic rings. The summed E-state index contributed by atoms with van der Waals surface area (Å²) in [5.41, 5.74) is 1.59. The standard InChI is InChI=1S/C16H21N3O2.ClH/c1-12-11-18(10-8-17-12)16(21)13-4-6-14(7-5-13)19-9-2-3-15(19)20;/h4-7,12,17H,2-3,8-11H2,1H3;1H. The van der Waals surface area contributed by atoms with Crippen molar-refractivity contribution in [3.63, 3.8) is 0 Å². The summed E-state index contributed by atoms with van der Waals surface area (Å²) in [7, 11) is 0. The van der Waals surface area contributed by atoms with Crippen molar-refractivity contribution in [3.8, 4) is 0 Å². The first-order valence-corrected chi connectivity index (χ1v) is 7.58. The number of hydrogen-bond acceptors (Lipinski definition) is 3.